The normalized spacial score (nSPS) is 16.9. The Morgan fingerprint density at radius 2 is 2.16 bits per heavy atom. The molecule has 2 aliphatic rings. The van der Waals surface area contributed by atoms with Crippen LogP contribution in [0, 0.1) is 0 Å². The summed E-state index contributed by atoms with van der Waals surface area (Å²) in [6.45, 7) is 2.25. The first-order valence-corrected chi connectivity index (χ1v) is 7.99. The van der Waals surface area contributed by atoms with Gasteiger partial charge in [-0.3, -0.25) is 0 Å². The van der Waals surface area contributed by atoms with Gasteiger partial charge in [0.05, 0.1) is 19.6 Å². The number of likely N-dealkylation sites (tertiary alicyclic amines) is 1. The Bertz CT molecular complexity index is 689. The number of carboxylic acids is 1. The predicted molar refractivity (Wildman–Crippen MR) is 88.0 cm³/mol. The maximum absolute atomic E-state index is 11.5. The quantitative estimate of drug-likeness (QED) is 0.508. The van der Waals surface area contributed by atoms with Crippen molar-refractivity contribution in [3.05, 3.63) is 23.3 Å². The number of hydrogen-bond acceptors (Lipinski definition) is 8. The summed E-state index contributed by atoms with van der Waals surface area (Å²) < 4.78 is 11.0. The maximum Gasteiger partial charge on any atom is 0.451 e. The minimum Gasteiger partial charge on any atom is -0.507 e. The lowest BCUT2D eigenvalue weighted by Crippen LogP contribution is -2.56. The minimum absolute atomic E-state index is 0.00742. The van der Waals surface area contributed by atoms with Gasteiger partial charge in [0, 0.05) is 0 Å². The average Bonchev–Trinajstić information content (AvgIpc) is 3.02. The van der Waals surface area contributed by atoms with Gasteiger partial charge in [-0.1, -0.05) is 6.07 Å². The smallest absolute Gasteiger partial charge is 0.451 e. The number of amidine groups is 1. The summed E-state index contributed by atoms with van der Waals surface area (Å²) in [4.78, 5) is 17.6. The molecule has 3 rings (SSSR count). The summed E-state index contributed by atoms with van der Waals surface area (Å²) in [5.41, 5.74) is -0.000339. The number of hydrogen-bond donors (Lipinski definition) is 4. The van der Waals surface area contributed by atoms with Crippen molar-refractivity contribution in [2.75, 3.05) is 26.2 Å². The maximum atomic E-state index is 11.5. The summed E-state index contributed by atoms with van der Waals surface area (Å²) in [6, 6.07) is 3.59. The zero-order valence-electron chi connectivity index (χ0n) is 13.5. The molecule has 1 aromatic carbocycles. The van der Waals surface area contributed by atoms with Crippen molar-refractivity contribution in [2.24, 2.45) is 4.99 Å². The van der Waals surface area contributed by atoms with E-state index < -0.39 is 18.8 Å². The number of carbonyl (C=O) groups is 1. The molecule has 0 radical (unpaired) electrons. The summed E-state index contributed by atoms with van der Waals surface area (Å²) in [7, 11) is -1.52. The van der Waals surface area contributed by atoms with Crippen molar-refractivity contribution in [3.8, 4) is 11.5 Å². The van der Waals surface area contributed by atoms with E-state index >= 15 is 0 Å². The average molecular weight is 350 g/mol. The van der Waals surface area contributed by atoms with E-state index in [1.54, 1.807) is 0 Å². The third kappa shape index (κ3) is 3.80. The van der Waals surface area contributed by atoms with E-state index in [-0.39, 0.29) is 30.2 Å². The molecule has 134 valence electrons. The van der Waals surface area contributed by atoms with Gasteiger partial charge in [0.25, 0.3) is 6.02 Å². The molecule has 0 aliphatic carbocycles. The van der Waals surface area contributed by atoms with Gasteiger partial charge < -0.3 is 34.6 Å². The molecule has 0 bridgehead atoms. The second-order valence-corrected chi connectivity index (χ2v) is 5.93. The molecule has 0 atom stereocenters. The lowest BCUT2D eigenvalue weighted by atomic mass is 9.82. The number of carboxylic acid groups (broad SMARTS) is 1. The van der Waals surface area contributed by atoms with Gasteiger partial charge in [-0.25, -0.2) is 9.79 Å². The molecule has 2 aliphatic heterocycles. The highest BCUT2D eigenvalue weighted by atomic mass is 16.5. The van der Waals surface area contributed by atoms with Crippen LogP contribution in [-0.2, 0) is 11.2 Å². The van der Waals surface area contributed by atoms with Crippen molar-refractivity contribution < 1.29 is 34.5 Å². The summed E-state index contributed by atoms with van der Waals surface area (Å²) >= 11 is 0. The minimum atomic E-state index is -1.52. The van der Waals surface area contributed by atoms with E-state index in [0.29, 0.717) is 37.8 Å². The van der Waals surface area contributed by atoms with Crippen molar-refractivity contribution in [3.63, 3.8) is 0 Å². The number of aliphatic imine (C=N–C) groups is 1. The number of phenols is 1. The number of ether oxygens (including phenoxy) is 2. The zero-order chi connectivity index (χ0) is 18.0. The third-order valence-corrected chi connectivity index (χ3v) is 4.09. The zero-order valence-corrected chi connectivity index (χ0v) is 13.5. The van der Waals surface area contributed by atoms with Crippen LogP contribution < -0.4 is 4.74 Å². The van der Waals surface area contributed by atoms with E-state index in [0.717, 1.165) is 0 Å². The predicted octanol–water partition coefficient (Wildman–Crippen LogP) is -0.445. The van der Waals surface area contributed by atoms with Gasteiger partial charge >= 0.3 is 13.1 Å². The lowest BCUT2D eigenvalue weighted by molar-refractivity contribution is 0.0479. The van der Waals surface area contributed by atoms with Crippen LogP contribution in [-0.4, -0.2) is 76.6 Å². The van der Waals surface area contributed by atoms with E-state index in [1.807, 2.05) is 4.90 Å². The number of rotatable bonds is 6. The first kappa shape index (κ1) is 17.4. The van der Waals surface area contributed by atoms with Crippen LogP contribution in [0.3, 0.4) is 0 Å². The lowest BCUT2D eigenvalue weighted by Gasteiger charge is -2.39. The standard InChI is InChI=1S/C15H19BN2O7/c19-13-9(3-4-16(22)23)1-2-11(12(13)14(20)21)25-10-7-18(8-10)15-17-5-6-24-15/h1-2,10,19,22-23H,3-8H2,(H,20,21). The molecule has 1 saturated heterocycles. The molecule has 2 heterocycles. The van der Waals surface area contributed by atoms with Crippen LogP contribution in [0.2, 0.25) is 6.32 Å². The fourth-order valence-corrected chi connectivity index (χ4v) is 2.77. The van der Waals surface area contributed by atoms with Gasteiger partial charge in [0.1, 0.15) is 29.8 Å². The molecule has 1 fully saturated rings. The molecule has 0 aromatic heterocycles. The van der Waals surface area contributed by atoms with E-state index in [4.69, 9.17) is 19.5 Å². The Kier molecular flexibility index (Phi) is 5.00. The fraction of sp³-hybridized carbons (Fsp3) is 0.467. The van der Waals surface area contributed by atoms with Crippen molar-refractivity contribution in [1.29, 1.82) is 0 Å². The van der Waals surface area contributed by atoms with Gasteiger partial charge in [0.2, 0.25) is 0 Å². The topological polar surface area (TPSA) is 132 Å². The first-order chi connectivity index (χ1) is 12.0. The van der Waals surface area contributed by atoms with Crippen LogP contribution in [0.5, 0.6) is 11.5 Å². The number of nitrogens with zero attached hydrogens (tertiary/aromatic N) is 2. The highest BCUT2D eigenvalue weighted by Crippen LogP contribution is 2.34. The van der Waals surface area contributed by atoms with Crippen LogP contribution in [0.1, 0.15) is 15.9 Å². The molecule has 9 nitrogen and oxygen atoms in total. The summed E-state index contributed by atoms with van der Waals surface area (Å²) in [5.74, 6) is -1.64. The van der Waals surface area contributed by atoms with Gasteiger partial charge in [-0.2, -0.15) is 0 Å². The Hall–Kier alpha value is -2.46. The highest BCUT2D eigenvalue weighted by molar-refractivity contribution is 6.41. The first-order valence-electron chi connectivity index (χ1n) is 7.99. The molecule has 0 unspecified atom stereocenters. The molecular weight excluding hydrogens is 331 g/mol. The molecule has 0 amide bonds. The molecule has 0 spiro atoms. The Morgan fingerprint density at radius 3 is 2.76 bits per heavy atom. The SMILES string of the molecule is O=C(O)c1c(OC2CN(C3=NCCO3)C2)ccc(CCB(O)O)c1O. The van der Waals surface area contributed by atoms with Crippen LogP contribution in [0.15, 0.2) is 17.1 Å². The van der Waals surface area contributed by atoms with Crippen molar-refractivity contribution in [1.82, 2.24) is 4.90 Å². The second-order valence-electron chi connectivity index (χ2n) is 5.93. The molecule has 1 aromatic rings. The van der Waals surface area contributed by atoms with Crippen molar-refractivity contribution in [2.45, 2.75) is 18.8 Å². The summed E-state index contributed by atoms with van der Waals surface area (Å²) in [5, 5.41) is 37.4. The number of aryl methyl sites for hydroxylation is 1. The van der Waals surface area contributed by atoms with Gasteiger partial charge in [-0.05, 0) is 24.4 Å². The number of benzene rings is 1. The van der Waals surface area contributed by atoms with E-state index in [2.05, 4.69) is 4.99 Å². The third-order valence-electron chi connectivity index (χ3n) is 4.09. The number of aromatic hydroxyl groups is 1. The van der Waals surface area contributed by atoms with Gasteiger partial charge in [0.15, 0.2) is 0 Å². The fourth-order valence-electron chi connectivity index (χ4n) is 2.77. The Morgan fingerprint density at radius 1 is 1.40 bits per heavy atom. The van der Waals surface area contributed by atoms with Crippen LogP contribution in [0.25, 0.3) is 0 Å². The molecule has 10 heteroatoms. The molecular formula is C15H19BN2O7. The van der Waals surface area contributed by atoms with Crippen molar-refractivity contribution >= 4 is 19.1 Å². The van der Waals surface area contributed by atoms with E-state index in [9.17, 15) is 15.0 Å². The Labute approximate surface area is 144 Å². The van der Waals surface area contributed by atoms with E-state index in [1.165, 1.54) is 12.1 Å². The van der Waals surface area contributed by atoms with Crippen LogP contribution >= 0.6 is 0 Å². The van der Waals surface area contributed by atoms with Gasteiger partial charge in [-0.15, -0.1) is 0 Å². The largest absolute Gasteiger partial charge is 0.507 e. The monoisotopic (exact) mass is 350 g/mol. The Balaban J connectivity index is 1.69. The highest BCUT2D eigenvalue weighted by Gasteiger charge is 2.34. The molecule has 25 heavy (non-hydrogen) atoms. The molecule has 0 saturated carbocycles. The van der Waals surface area contributed by atoms with Crippen LogP contribution in [0.4, 0.5) is 0 Å². The molecule has 4 N–H and O–H groups in total. The number of aromatic carboxylic acids is 1. The summed E-state index contributed by atoms with van der Waals surface area (Å²) in [6.07, 6.45) is -0.0974. The second kappa shape index (κ2) is 7.20.